The van der Waals surface area contributed by atoms with E-state index in [9.17, 15) is 0 Å². The van der Waals surface area contributed by atoms with E-state index in [-0.39, 0.29) is 0 Å². The molecule has 20 heavy (non-hydrogen) atoms. The zero-order valence-corrected chi connectivity index (χ0v) is 13.8. The highest BCUT2D eigenvalue weighted by Crippen LogP contribution is 2.44. The molecule has 2 heterocycles. The molecule has 0 radical (unpaired) electrons. The predicted molar refractivity (Wildman–Crippen MR) is 87.4 cm³/mol. The Hall–Kier alpha value is -1.01. The monoisotopic (exact) mass is 388 g/mol. The highest BCUT2D eigenvalue weighted by atomic mass is 79.9. The van der Waals surface area contributed by atoms with Gasteiger partial charge in [-0.15, -0.1) is 11.3 Å². The van der Waals surface area contributed by atoms with Gasteiger partial charge in [0.15, 0.2) is 11.6 Å². The summed E-state index contributed by atoms with van der Waals surface area (Å²) in [4.78, 5) is 0. The first-order chi connectivity index (χ1) is 9.56. The van der Waals surface area contributed by atoms with Crippen molar-refractivity contribution in [2.45, 2.75) is 0 Å². The molecule has 0 saturated carbocycles. The van der Waals surface area contributed by atoms with Crippen LogP contribution in [0.2, 0.25) is 8.67 Å². The normalized spacial score (nSPS) is 10.9. The Morgan fingerprint density at radius 1 is 1.25 bits per heavy atom. The van der Waals surface area contributed by atoms with Gasteiger partial charge in [-0.25, -0.2) is 0 Å². The molecule has 7 heteroatoms. The summed E-state index contributed by atoms with van der Waals surface area (Å²) in [6.07, 6.45) is 0. The van der Waals surface area contributed by atoms with Crippen molar-refractivity contribution in [3.63, 3.8) is 0 Å². The van der Waals surface area contributed by atoms with Gasteiger partial charge in [0, 0.05) is 4.47 Å². The number of anilines is 1. The van der Waals surface area contributed by atoms with Crippen molar-refractivity contribution >= 4 is 56.3 Å². The van der Waals surface area contributed by atoms with E-state index in [0.29, 0.717) is 31.4 Å². The number of nitrogens with zero attached hydrogens (tertiary/aromatic N) is 1. The molecule has 0 fully saturated rings. The molecule has 3 nitrogen and oxygen atoms in total. The summed E-state index contributed by atoms with van der Waals surface area (Å²) in [6, 6.07) is 9.46. The van der Waals surface area contributed by atoms with E-state index in [4.69, 9.17) is 33.5 Å². The summed E-state index contributed by atoms with van der Waals surface area (Å²) in [5.74, 6) is 0.838. The second-order valence-corrected chi connectivity index (χ2v) is 7.22. The molecule has 0 aliphatic rings. The van der Waals surface area contributed by atoms with E-state index in [1.54, 1.807) is 6.07 Å². The van der Waals surface area contributed by atoms with Crippen LogP contribution in [-0.4, -0.2) is 5.16 Å². The first kappa shape index (κ1) is 13.9. The van der Waals surface area contributed by atoms with E-state index in [0.717, 1.165) is 10.0 Å². The molecule has 0 spiro atoms. The number of rotatable bonds is 2. The smallest absolute Gasteiger partial charge is 0.179 e. The number of thiophene rings is 1. The van der Waals surface area contributed by atoms with Crippen LogP contribution in [0.1, 0.15) is 0 Å². The van der Waals surface area contributed by atoms with E-state index in [1.165, 1.54) is 11.3 Å². The number of aromatic nitrogens is 1. The summed E-state index contributed by atoms with van der Waals surface area (Å²) in [5, 5.41) is 3.84. The fourth-order valence-corrected chi connectivity index (χ4v) is 3.76. The Labute approximate surface area is 137 Å². The summed E-state index contributed by atoms with van der Waals surface area (Å²) in [7, 11) is 0. The molecule has 0 bridgehead atoms. The third kappa shape index (κ3) is 2.46. The van der Waals surface area contributed by atoms with Crippen LogP contribution in [0.25, 0.3) is 22.5 Å². The van der Waals surface area contributed by atoms with Gasteiger partial charge in [0.1, 0.15) is 4.34 Å². The Bertz CT molecular complexity index is 785. The lowest BCUT2D eigenvalue weighted by atomic mass is 10.0. The van der Waals surface area contributed by atoms with Crippen LogP contribution < -0.4 is 5.73 Å². The van der Waals surface area contributed by atoms with Crippen LogP contribution in [-0.2, 0) is 0 Å². The fourth-order valence-electron chi connectivity index (χ4n) is 1.90. The summed E-state index contributed by atoms with van der Waals surface area (Å²) in [6.45, 7) is 0. The number of hydrogen-bond acceptors (Lipinski definition) is 4. The number of halogens is 3. The second-order valence-electron chi connectivity index (χ2n) is 4.02. The van der Waals surface area contributed by atoms with Crippen LogP contribution in [0.15, 0.2) is 39.3 Å². The van der Waals surface area contributed by atoms with E-state index >= 15 is 0 Å². The van der Waals surface area contributed by atoms with Gasteiger partial charge >= 0.3 is 0 Å². The molecule has 102 valence electrons. The maximum absolute atomic E-state index is 6.18. The fraction of sp³-hybridized carbons (Fsp3) is 0. The van der Waals surface area contributed by atoms with Crippen molar-refractivity contribution in [2.75, 3.05) is 5.73 Å². The standard InChI is InChI=1S/C13H7BrCl2N2OS/c14-7-3-1-2-6(4-7)10-11(19-18-13(10)17)8-5-9(15)20-12(8)16/h1-5H,(H2,17,18). The van der Waals surface area contributed by atoms with Crippen LogP contribution >= 0.6 is 50.5 Å². The topological polar surface area (TPSA) is 52.0 Å². The second kappa shape index (κ2) is 5.41. The molecule has 3 rings (SSSR count). The quantitative estimate of drug-likeness (QED) is 0.609. The van der Waals surface area contributed by atoms with Crippen molar-refractivity contribution in [1.82, 2.24) is 5.16 Å². The van der Waals surface area contributed by atoms with Gasteiger partial charge < -0.3 is 10.3 Å². The lowest BCUT2D eigenvalue weighted by Gasteiger charge is -2.02. The Morgan fingerprint density at radius 3 is 2.70 bits per heavy atom. The third-order valence-corrected chi connectivity index (χ3v) is 4.71. The van der Waals surface area contributed by atoms with E-state index in [2.05, 4.69) is 21.1 Å². The molecule has 0 atom stereocenters. The minimum atomic E-state index is 0.316. The number of hydrogen-bond donors (Lipinski definition) is 1. The Kier molecular flexibility index (Phi) is 3.77. The minimum absolute atomic E-state index is 0.316. The van der Waals surface area contributed by atoms with Crippen molar-refractivity contribution < 1.29 is 4.52 Å². The summed E-state index contributed by atoms with van der Waals surface area (Å²) >= 11 is 16.9. The van der Waals surface area contributed by atoms with Gasteiger partial charge in [0.05, 0.1) is 15.5 Å². The average Bonchev–Trinajstić information content (AvgIpc) is 2.92. The van der Waals surface area contributed by atoms with Crippen molar-refractivity contribution in [3.05, 3.63) is 43.5 Å². The predicted octanol–water partition coefficient (Wildman–Crippen LogP) is 5.72. The maximum Gasteiger partial charge on any atom is 0.179 e. The largest absolute Gasteiger partial charge is 0.380 e. The van der Waals surface area contributed by atoms with Gasteiger partial charge in [-0.2, -0.15) is 0 Å². The lowest BCUT2D eigenvalue weighted by molar-refractivity contribution is 0.436. The Morgan fingerprint density at radius 2 is 2.05 bits per heavy atom. The van der Waals surface area contributed by atoms with Crippen molar-refractivity contribution in [2.24, 2.45) is 0 Å². The number of benzene rings is 1. The highest BCUT2D eigenvalue weighted by molar-refractivity contribution is 9.10. The van der Waals surface area contributed by atoms with Gasteiger partial charge in [-0.1, -0.05) is 56.4 Å². The molecule has 0 saturated heterocycles. The zero-order chi connectivity index (χ0) is 14.3. The van der Waals surface area contributed by atoms with Gasteiger partial charge in [0.25, 0.3) is 0 Å². The van der Waals surface area contributed by atoms with Crippen molar-refractivity contribution in [1.29, 1.82) is 0 Å². The molecular weight excluding hydrogens is 383 g/mol. The summed E-state index contributed by atoms with van der Waals surface area (Å²) < 4.78 is 7.41. The maximum atomic E-state index is 6.18. The number of nitrogen functional groups attached to an aromatic ring is 1. The van der Waals surface area contributed by atoms with Crippen LogP contribution in [0.5, 0.6) is 0 Å². The van der Waals surface area contributed by atoms with Crippen LogP contribution in [0.4, 0.5) is 5.82 Å². The first-order valence-electron chi connectivity index (χ1n) is 5.52. The third-order valence-electron chi connectivity index (χ3n) is 2.73. The zero-order valence-electron chi connectivity index (χ0n) is 9.86. The molecule has 0 unspecified atom stereocenters. The molecule has 0 aliphatic carbocycles. The Balaban J connectivity index is 2.22. The van der Waals surface area contributed by atoms with Gasteiger partial charge in [0.2, 0.25) is 0 Å². The molecule has 3 aromatic rings. The first-order valence-corrected chi connectivity index (χ1v) is 7.89. The highest BCUT2D eigenvalue weighted by Gasteiger charge is 2.21. The molecular formula is C13H7BrCl2N2OS. The average molecular weight is 390 g/mol. The molecule has 0 aliphatic heterocycles. The van der Waals surface area contributed by atoms with Crippen molar-refractivity contribution in [3.8, 4) is 22.5 Å². The molecule has 2 N–H and O–H groups in total. The minimum Gasteiger partial charge on any atom is -0.380 e. The lowest BCUT2D eigenvalue weighted by Crippen LogP contribution is -1.88. The molecule has 2 aromatic heterocycles. The SMILES string of the molecule is Nc1noc(-c2cc(Cl)sc2Cl)c1-c1cccc(Br)c1. The van der Waals surface area contributed by atoms with Crippen LogP contribution in [0, 0.1) is 0 Å². The molecule has 0 amide bonds. The van der Waals surface area contributed by atoms with Gasteiger partial charge in [-0.3, -0.25) is 0 Å². The van der Waals surface area contributed by atoms with E-state index in [1.807, 2.05) is 24.3 Å². The number of nitrogens with two attached hydrogens (primary N) is 1. The molecule has 1 aromatic carbocycles. The summed E-state index contributed by atoms with van der Waals surface area (Å²) in [5.41, 5.74) is 8.23. The van der Waals surface area contributed by atoms with Gasteiger partial charge in [-0.05, 0) is 23.8 Å². The van der Waals surface area contributed by atoms with Crippen LogP contribution in [0.3, 0.4) is 0 Å². The van der Waals surface area contributed by atoms with E-state index < -0.39 is 0 Å².